The fourth-order valence-corrected chi connectivity index (χ4v) is 2.44. The van der Waals surface area contributed by atoms with Crippen molar-refractivity contribution in [2.45, 2.75) is 6.92 Å². The molecule has 3 N–H and O–H groups in total. The van der Waals surface area contributed by atoms with Crippen molar-refractivity contribution in [3.05, 3.63) is 36.8 Å². The van der Waals surface area contributed by atoms with E-state index in [1.165, 1.54) is 6.33 Å². The van der Waals surface area contributed by atoms with Gasteiger partial charge in [0, 0.05) is 11.1 Å². The summed E-state index contributed by atoms with van der Waals surface area (Å²) in [5, 5.41) is 17.2. The van der Waals surface area contributed by atoms with Crippen molar-refractivity contribution in [3.8, 4) is 11.8 Å². The quantitative estimate of drug-likeness (QED) is 0.486. The molecule has 4 aromatic rings. The highest BCUT2D eigenvalue weighted by atomic mass is 16.1. The van der Waals surface area contributed by atoms with Gasteiger partial charge in [0.1, 0.15) is 29.0 Å². The Morgan fingerprint density at radius 2 is 1.96 bits per heavy atom. The van der Waals surface area contributed by atoms with Crippen LogP contribution in [0.3, 0.4) is 0 Å². The molecule has 0 spiro atoms. The van der Waals surface area contributed by atoms with Crippen LogP contribution in [0.4, 0.5) is 17.3 Å². The molecule has 0 aliphatic carbocycles. The summed E-state index contributed by atoms with van der Waals surface area (Å²) in [6, 6.07) is 7.27. The summed E-state index contributed by atoms with van der Waals surface area (Å²) in [6.45, 7) is 1.59. The van der Waals surface area contributed by atoms with Crippen molar-refractivity contribution >= 4 is 45.2 Å². The van der Waals surface area contributed by atoms with Gasteiger partial charge < -0.3 is 5.32 Å². The number of pyridine rings is 1. The van der Waals surface area contributed by atoms with Crippen LogP contribution in [0.25, 0.3) is 21.9 Å². The number of hydrogen-bond donors (Lipinski definition) is 3. The molecule has 0 saturated heterocycles. The first-order valence-electron chi connectivity index (χ1n) is 7.65. The van der Waals surface area contributed by atoms with E-state index < -0.39 is 5.91 Å². The zero-order chi connectivity index (χ0) is 17.9. The van der Waals surface area contributed by atoms with Crippen LogP contribution in [-0.4, -0.2) is 36.3 Å². The van der Waals surface area contributed by atoms with Gasteiger partial charge in [0.25, 0.3) is 0 Å². The van der Waals surface area contributed by atoms with Gasteiger partial charge in [0.15, 0.2) is 0 Å². The molecule has 0 fully saturated rings. The number of nitrogens with one attached hydrogen (secondary N) is 3. The summed E-state index contributed by atoms with van der Waals surface area (Å²) in [6.07, 6.45) is 3.01. The number of aromatic amines is 1. The summed E-state index contributed by atoms with van der Waals surface area (Å²) < 4.78 is 0. The molecule has 9 nitrogen and oxygen atoms in total. The molecule has 0 aliphatic rings. The number of carbonyl (C=O) groups is 1. The number of rotatable bonds is 3. The smallest absolute Gasteiger partial charge is 0.301 e. The molecule has 0 aliphatic heterocycles. The monoisotopic (exact) mass is 344 g/mol. The summed E-state index contributed by atoms with van der Waals surface area (Å²) in [5.74, 6) is 5.47. The molecular formula is C17H12N8O. The van der Waals surface area contributed by atoms with Crippen molar-refractivity contribution in [2.24, 2.45) is 0 Å². The first-order chi connectivity index (χ1) is 12.7. The van der Waals surface area contributed by atoms with Crippen molar-refractivity contribution in [2.75, 3.05) is 10.6 Å². The molecule has 0 bridgehead atoms. The zero-order valence-corrected chi connectivity index (χ0v) is 13.6. The normalized spacial score (nSPS) is 10.3. The van der Waals surface area contributed by atoms with Gasteiger partial charge in [-0.25, -0.2) is 15.0 Å². The van der Waals surface area contributed by atoms with Gasteiger partial charge in [-0.2, -0.15) is 15.4 Å². The molecule has 3 aromatic heterocycles. The molecule has 0 radical (unpaired) electrons. The molecular weight excluding hydrogens is 332 g/mol. The summed E-state index contributed by atoms with van der Waals surface area (Å²) in [7, 11) is 0. The van der Waals surface area contributed by atoms with Crippen molar-refractivity contribution in [1.29, 1.82) is 0 Å². The van der Waals surface area contributed by atoms with Crippen molar-refractivity contribution in [1.82, 2.24) is 30.4 Å². The lowest BCUT2D eigenvalue weighted by atomic mass is 10.2. The van der Waals surface area contributed by atoms with Gasteiger partial charge in [-0.15, -0.1) is 0 Å². The minimum Gasteiger partial charge on any atom is -0.340 e. The maximum Gasteiger partial charge on any atom is 0.301 e. The molecule has 0 unspecified atom stereocenters. The molecule has 4 rings (SSSR count). The highest BCUT2D eigenvalue weighted by molar-refractivity contribution is 6.04. The predicted molar refractivity (Wildman–Crippen MR) is 96.6 cm³/mol. The second-order valence-corrected chi connectivity index (χ2v) is 5.29. The summed E-state index contributed by atoms with van der Waals surface area (Å²) in [5.41, 5.74) is 2.95. The number of fused-ring (bicyclic) bond motifs is 2. The van der Waals surface area contributed by atoms with E-state index in [0.717, 1.165) is 16.7 Å². The third-order valence-electron chi connectivity index (χ3n) is 3.58. The van der Waals surface area contributed by atoms with Crippen LogP contribution in [0.5, 0.6) is 0 Å². The fourth-order valence-electron chi connectivity index (χ4n) is 2.44. The second-order valence-electron chi connectivity index (χ2n) is 5.29. The molecule has 0 saturated carbocycles. The van der Waals surface area contributed by atoms with Crippen molar-refractivity contribution < 1.29 is 4.79 Å². The third-order valence-corrected chi connectivity index (χ3v) is 3.58. The Hall–Kier alpha value is -4.06. The number of hydrogen-bond acceptors (Lipinski definition) is 7. The highest BCUT2D eigenvalue weighted by Gasteiger charge is 2.09. The van der Waals surface area contributed by atoms with E-state index in [4.69, 9.17) is 0 Å². The van der Waals surface area contributed by atoms with E-state index in [2.05, 4.69) is 52.8 Å². The first-order valence-corrected chi connectivity index (χ1v) is 7.65. The van der Waals surface area contributed by atoms with Gasteiger partial charge in [-0.05, 0) is 37.1 Å². The van der Waals surface area contributed by atoms with E-state index in [-0.39, 0.29) is 0 Å². The minimum absolute atomic E-state index is 0.370. The van der Waals surface area contributed by atoms with Gasteiger partial charge in [-0.1, -0.05) is 5.92 Å². The van der Waals surface area contributed by atoms with Gasteiger partial charge in [0.2, 0.25) is 0 Å². The molecule has 126 valence electrons. The number of amides is 1. The number of aromatic nitrogens is 6. The number of H-pyrrole nitrogens is 1. The number of benzene rings is 1. The van der Waals surface area contributed by atoms with E-state index in [9.17, 15) is 4.79 Å². The van der Waals surface area contributed by atoms with Crippen molar-refractivity contribution in [3.63, 3.8) is 0 Å². The van der Waals surface area contributed by atoms with Crippen LogP contribution in [0, 0.1) is 11.8 Å². The van der Waals surface area contributed by atoms with Gasteiger partial charge >= 0.3 is 5.91 Å². The lowest BCUT2D eigenvalue weighted by Gasteiger charge is -2.09. The fraction of sp³-hybridized carbons (Fsp3) is 0.0588. The summed E-state index contributed by atoms with van der Waals surface area (Å²) >= 11 is 0. The highest BCUT2D eigenvalue weighted by Crippen LogP contribution is 2.25. The van der Waals surface area contributed by atoms with Crippen LogP contribution in [0.1, 0.15) is 6.92 Å². The Labute approximate surface area is 147 Å². The van der Waals surface area contributed by atoms with E-state index in [1.54, 1.807) is 19.2 Å². The Balaban J connectivity index is 1.70. The zero-order valence-electron chi connectivity index (χ0n) is 13.6. The van der Waals surface area contributed by atoms with Crippen LogP contribution in [-0.2, 0) is 4.79 Å². The van der Waals surface area contributed by atoms with Gasteiger partial charge in [0.05, 0.1) is 11.7 Å². The Bertz CT molecular complexity index is 1190. The molecule has 9 heteroatoms. The average Bonchev–Trinajstić information content (AvgIpc) is 3.10. The maximum atomic E-state index is 11.6. The Morgan fingerprint density at radius 3 is 2.85 bits per heavy atom. The van der Waals surface area contributed by atoms with E-state index in [0.29, 0.717) is 22.5 Å². The largest absolute Gasteiger partial charge is 0.340 e. The predicted octanol–water partition coefficient (Wildman–Crippen LogP) is 2.00. The van der Waals surface area contributed by atoms with Crippen LogP contribution >= 0.6 is 0 Å². The molecule has 3 heterocycles. The lowest BCUT2D eigenvalue weighted by molar-refractivity contribution is -0.111. The van der Waals surface area contributed by atoms with E-state index >= 15 is 0 Å². The van der Waals surface area contributed by atoms with E-state index in [1.807, 2.05) is 18.2 Å². The van der Waals surface area contributed by atoms with Crippen LogP contribution in [0.2, 0.25) is 0 Å². The number of nitrogens with zero attached hydrogens (tertiary/aromatic N) is 5. The average molecular weight is 344 g/mol. The lowest BCUT2D eigenvalue weighted by Crippen LogP contribution is -2.09. The van der Waals surface area contributed by atoms with Crippen LogP contribution in [0.15, 0.2) is 36.8 Å². The minimum atomic E-state index is -0.429. The second kappa shape index (κ2) is 6.45. The summed E-state index contributed by atoms with van der Waals surface area (Å²) in [4.78, 5) is 24.3. The number of anilines is 3. The molecule has 1 aromatic carbocycles. The Kier molecular flexibility index (Phi) is 3.83. The third kappa shape index (κ3) is 2.99. The molecule has 1 amide bonds. The van der Waals surface area contributed by atoms with Crippen LogP contribution < -0.4 is 10.6 Å². The standard InChI is InChI=1S/C17H12N8O/c1-2-3-16(26)22-15-7-11-14(8-18-15)19-9-20-17(11)21-10-4-5-12-13(6-10)24-25-23-12/h4-9H,1H3,(H,18,22,26)(H,19,20,21)(H,23,24,25). The first kappa shape index (κ1) is 15.5. The molecule has 0 atom stereocenters. The number of carbonyl (C=O) groups excluding carboxylic acids is 1. The Morgan fingerprint density at radius 1 is 1.08 bits per heavy atom. The SMILES string of the molecule is CC#CC(=O)Nc1cc2c(Nc3ccc4n[nH]nc4c3)ncnc2cn1. The van der Waals surface area contributed by atoms with Gasteiger partial charge in [-0.3, -0.25) is 10.1 Å². The molecule has 26 heavy (non-hydrogen) atoms. The maximum absolute atomic E-state index is 11.6. The topological polar surface area (TPSA) is 121 Å².